The summed E-state index contributed by atoms with van der Waals surface area (Å²) in [6.45, 7) is 7.62. The molecular weight excluding hydrogens is 442 g/mol. The molecular formula is C26H31N7O2. The van der Waals surface area contributed by atoms with Crippen molar-refractivity contribution in [2.75, 3.05) is 32.1 Å². The molecule has 4 rings (SSSR count). The van der Waals surface area contributed by atoms with Gasteiger partial charge in [-0.1, -0.05) is 13.8 Å². The molecule has 0 atom stereocenters. The summed E-state index contributed by atoms with van der Waals surface area (Å²) in [5, 5.41) is 13.2. The topological polar surface area (TPSA) is 108 Å². The van der Waals surface area contributed by atoms with Gasteiger partial charge in [-0.05, 0) is 37.3 Å². The number of aryl methyl sites for hydroxylation is 1. The molecule has 9 heteroatoms. The minimum absolute atomic E-state index is 0.171. The van der Waals surface area contributed by atoms with Gasteiger partial charge in [0.1, 0.15) is 5.75 Å². The number of fused-ring (bicyclic) bond motifs is 1. The van der Waals surface area contributed by atoms with Crippen molar-refractivity contribution in [1.82, 2.24) is 30.8 Å². The highest BCUT2D eigenvalue weighted by atomic mass is 16.5. The maximum Gasteiger partial charge on any atom is 0.251 e. The van der Waals surface area contributed by atoms with Gasteiger partial charge in [0.25, 0.3) is 5.91 Å². The number of hydrogen-bond acceptors (Lipinski definition) is 7. The second kappa shape index (κ2) is 10.5. The molecule has 2 aromatic heterocycles. The van der Waals surface area contributed by atoms with Gasteiger partial charge in [-0.2, -0.15) is 5.10 Å². The van der Waals surface area contributed by atoms with E-state index in [2.05, 4.69) is 44.6 Å². The van der Waals surface area contributed by atoms with Gasteiger partial charge in [0.05, 0.1) is 36.2 Å². The fourth-order valence-electron chi connectivity index (χ4n) is 3.91. The lowest BCUT2D eigenvalue weighted by atomic mass is 10.1. The fourth-order valence-corrected chi connectivity index (χ4v) is 3.91. The molecule has 0 unspecified atom stereocenters. The standard InChI is InChI=1S/C26H31N7O2/c1-16(2)28-8-9-33(20-10-18(26(34)27-4)11-21(12-20)35-5)19-6-7-23-24(13-19)31-25(15-29-23)22-14-30-32-17(22)3/h6-7,10-16,28H,8-9H2,1-5H3,(H,27,34)(H,30,32). The van der Waals surface area contributed by atoms with Crippen molar-refractivity contribution >= 4 is 28.3 Å². The van der Waals surface area contributed by atoms with Crippen LogP contribution in [-0.4, -0.2) is 59.4 Å². The third-order valence-electron chi connectivity index (χ3n) is 5.76. The Morgan fingerprint density at radius 2 is 1.94 bits per heavy atom. The largest absolute Gasteiger partial charge is 0.497 e. The number of aromatic amines is 1. The summed E-state index contributed by atoms with van der Waals surface area (Å²) in [7, 11) is 3.22. The Morgan fingerprint density at radius 3 is 2.63 bits per heavy atom. The monoisotopic (exact) mass is 473 g/mol. The van der Waals surface area contributed by atoms with Gasteiger partial charge in [-0.15, -0.1) is 0 Å². The van der Waals surface area contributed by atoms with Crippen LogP contribution in [0.3, 0.4) is 0 Å². The van der Waals surface area contributed by atoms with E-state index >= 15 is 0 Å². The average molecular weight is 474 g/mol. The number of aromatic nitrogens is 4. The van der Waals surface area contributed by atoms with Gasteiger partial charge in [-0.25, -0.2) is 4.98 Å². The summed E-state index contributed by atoms with van der Waals surface area (Å²) in [5.74, 6) is 0.441. The van der Waals surface area contributed by atoms with Gasteiger partial charge in [0, 0.05) is 60.4 Å². The number of rotatable bonds is 9. The first-order valence-corrected chi connectivity index (χ1v) is 11.6. The van der Waals surface area contributed by atoms with E-state index in [1.165, 1.54) is 0 Å². The summed E-state index contributed by atoms with van der Waals surface area (Å²) in [6.07, 6.45) is 3.53. The molecule has 2 aromatic carbocycles. The summed E-state index contributed by atoms with van der Waals surface area (Å²) in [6, 6.07) is 11.9. The highest BCUT2D eigenvalue weighted by molar-refractivity contribution is 5.96. The molecule has 35 heavy (non-hydrogen) atoms. The maximum absolute atomic E-state index is 12.4. The lowest BCUT2D eigenvalue weighted by Gasteiger charge is -2.27. The third kappa shape index (κ3) is 5.41. The summed E-state index contributed by atoms with van der Waals surface area (Å²) in [5.41, 5.74) is 6.52. The number of carbonyl (C=O) groups is 1. The third-order valence-corrected chi connectivity index (χ3v) is 5.76. The number of nitrogens with one attached hydrogen (secondary N) is 3. The van der Waals surface area contributed by atoms with Crippen molar-refractivity contribution in [3.63, 3.8) is 0 Å². The van der Waals surface area contributed by atoms with E-state index in [4.69, 9.17) is 9.72 Å². The van der Waals surface area contributed by atoms with Crippen LogP contribution in [0, 0.1) is 6.92 Å². The number of H-pyrrole nitrogens is 1. The lowest BCUT2D eigenvalue weighted by Crippen LogP contribution is -2.32. The second-order valence-corrected chi connectivity index (χ2v) is 8.60. The van der Waals surface area contributed by atoms with Crippen LogP contribution in [0.15, 0.2) is 48.8 Å². The zero-order valence-corrected chi connectivity index (χ0v) is 20.7. The van der Waals surface area contributed by atoms with Crippen LogP contribution < -0.4 is 20.3 Å². The van der Waals surface area contributed by atoms with Crippen LogP contribution in [0.5, 0.6) is 5.75 Å². The summed E-state index contributed by atoms with van der Waals surface area (Å²) >= 11 is 0. The van der Waals surface area contributed by atoms with Crippen LogP contribution in [0.4, 0.5) is 11.4 Å². The number of hydrogen-bond donors (Lipinski definition) is 3. The Kier molecular flexibility index (Phi) is 7.26. The normalized spacial score (nSPS) is 11.1. The number of methoxy groups -OCH3 is 1. The predicted molar refractivity (Wildman–Crippen MR) is 138 cm³/mol. The first-order valence-electron chi connectivity index (χ1n) is 11.6. The lowest BCUT2D eigenvalue weighted by molar-refractivity contribution is 0.0962. The van der Waals surface area contributed by atoms with E-state index in [0.717, 1.165) is 45.9 Å². The maximum atomic E-state index is 12.4. The Balaban J connectivity index is 1.79. The molecule has 3 N–H and O–H groups in total. The van der Waals surface area contributed by atoms with Gasteiger partial charge in [0.2, 0.25) is 0 Å². The molecule has 9 nitrogen and oxygen atoms in total. The first-order chi connectivity index (χ1) is 16.9. The van der Waals surface area contributed by atoms with Crippen LogP contribution in [-0.2, 0) is 0 Å². The average Bonchev–Trinajstić information content (AvgIpc) is 3.30. The molecule has 1 amide bonds. The van der Waals surface area contributed by atoms with Gasteiger partial charge in [0.15, 0.2) is 0 Å². The molecule has 0 aliphatic heterocycles. The predicted octanol–water partition coefficient (Wildman–Crippen LogP) is 3.83. The van der Waals surface area contributed by atoms with Crippen molar-refractivity contribution in [2.24, 2.45) is 0 Å². The number of nitrogens with zero attached hydrogens (tertiary/aromatic N) is 4. The van der Waals surface area contributed by atoms with Gasteiger partial charge in [-0.3, -0.25) is 14.9 Å². The molecule has 0 aliphatic carbocycles. The molecule has 0 spiro atoms. The van der Waals surface area contributed by atoms with Crippen LogP contribution in [0.1, 0.15) is 29.9 Å². The number of benzene rings is 2. The number of anilines is 2. The SMILES string of the molecule is CNC(=O)c1cc(OC)cc(N(CCNC(C)C)c2ccc3ncc(-c4cn[nH]c4C)nc3c2)c1. The highest BCUT2D eigenvalue weighted by Gasteiger charge is 2.16. The Labute approximate surface area is 204 Å². The van der Waals surface area contributed by atoms with Crippen molar-refractivity contribution in [3.05, 3.63) is 60.0 Å². The Morgan fingerprint density at radius 1 is 1.11 bits per heavy atom. The second-order valence-electron chi connectivity index (χ2n) is 8.60. The zero-order chi connectivity index (χ0) is 24.9. The molecule has 182 valence electrons. The number of carbonyl (C=O) groups excluding carboxylic acids is 1. The van der Waals surface area contributed by atoms with E-state index in [0.29, 0.717) is 23.9 Å². The molecule has 0 bridgehead atoms. The molecule has 0 fully saturated rings. The zero-order valence-electron chi connectivity index (χ0n) is 20.7. The summed E-state index contributed by atoms with van der Waals surface area (Å²) in [4.78, 5) is 24.0. The Hall–Kier alpha value is -3.98. The summed E-state index contributed by atoms with van der Waals surface area (Å²) < 4.78 is 5.50. The van der Waals surface area contributed by atoms with Crippen molar-refractivity contribution in [2.45, 2.75) is 26.8 Å². The van der Waals surface area contributed by atoms with E-state index in [9.17, 15) is 4.79 Å². The van der Waals surface area contributed by atoms with Crippen molar-refractivity contribution in [1.29, 1.82) is 0 Å². The van der Waals surface area contributed by atoms with Crippen LogP contribution >= 0.6 is 0 Å². The van der Waals surface area contributed by atoms with Crippen LogP contribution in [0.25, 0.3) is 22.3 Å². The molecule has 2 heterocycles. The molecule has 0 saturated heterocycles. The Bertz CT molecular complexity index is 1330. The van der Waals surface area contributed by atoms with E-state index < -0.39 is 0 Å². The minimum Gasteiger partial charge on any atom is -0.497 e. The minimum atomic E-state index is -0.171. The van der Waals surface area contributed by atoms with Crippen molar-refractivity contribution in [3.8, 4) is 17.0 Å². The molecule has 0 aliphatic rings. The van der Waals surface area contributed by atoms with Gasteiger partial charge < -0.3 is 20.3 Å². The van der Waals surface area contributed by atoms with Crippen LogP contribution in [0.2, 0.25) is 0 Å². The first kappa shape index (κ1) is 24.2. The number of ether oxygens (including phenoxy) is 1. The highest BCUT2D eigenvalue weighted by Crippen LogP contribution is 2.32. The number of amides is 1. The van der Waals surface area contributed by atoms with E-state index in [1.807, 2.05) is 37.3 Å². The van der Waals surface area contributed by atoms with Crippen molar-refractivity contribution < 1.29 is 9.53 Å². The quantitative estimate of drug-likeness (QED) is 0.339. The van der Waals surface area contributed by atoms with Gasteiger partial charge >= 0.3 is 0 Å². The molecule has 0 radical (unpaired) electrons. The van der Waals surface area contributed by atoms with E-state index in [-0.39, 0.29) is 5.91 Å². The smallest absolute Gasteiger partial charge is 0.251 e. The van der Waals surface area contributed by atoms with E-state index in [1.54, 1.807) is 32.6 Å². The fraction of sp³-hybridized carbons (Fsp3) is 0.308. The molecule has 4 aromatic rings. The molecule has 0 saturated carbocycles.